The van der Waals surface area contributed by atoms with Gasteiger partial charge in [-0.1, -0.05) is 17.7 Å². The smallest absolute Gasteiger partial charge is 0.0716 e. The van der Waals surface area contributed by atoms with Gasteiger partial charge in [0, 0.05) is 18.7 Å². The van der Waals surface area contributed by atoms with Crippen LogP contribution in [0.3, 0.4) is 0 Å². The van der Waals surface area contributed by atoms with Crippen molar-refractivity contribution in [1.82, 2.24) is 5.32 Å². The van der Waals surface area contributed by atoms with Crippen molar-refractivity contribution >= 4 is 11.6 Å². The van der Waals surface area contributed by atoms with Gasteiger partial charge in [-0.25, -0.2) is 0 Å². The minimum Gasteiger partial charge on any atom is -0.380 e. The normalized spacial score (nSPS) is 20.8. The van der Waals surface area contributed by atoms with Crippen molar-refractivity contribution in [3.63, 3.8) is 0 Å². The van der Waals surface area contributed by atoms with Crippen LogP contribution in [0.4, 0.5) is 0 Å². The highest BCUT2D eigenvalue weighted by Gasteiger charge is 2.19. The minimum absolute atomic E-state index is 0.618. The second-order valence-electron chi connectivity index (χ2n) is 3.97. The molecule has 15 heavy (non-hydrogen) atoms. The van der Waals surface area contributed by atoms with Crippen molar-refractivity contribution in [2.24, 2.45) is 0 Å². The summed E-state index contributed by atoms with van der Waals surface area (Å²) in [5.74, 6) is 0.618. The summed E-state index contributed by atoms with van der Waals surface area (Å²) in [6, 6.07) is 6.11. The molecule has 0 saturated carbocycles. The molecule has 2 rings (SSSR count). The lowest BCUT2D eigenvalue weighted by Gasteiger charge is -2.14. The number of rotatable bonds is 3. The molecule has 82 valence electrons. The van der Waals surface area contributed by atoms with Crippen LogP contribution >= 0.6 is 11.6 Å². The van der Waals surface area contributed by atoms with Gasteiger partial charge < -0.3 is 10.1 Å². The maximum absolute atomic E-state index is 5.99. The molecule has 1 N–H and O–H groups in total. The van der Waals surface area contributed by atoms with E-state index in [1.807, 2.05) is 12.1 Å². The number of hydrogen-bond acceptors (Lipinski definition) is 2. The lowest BCUT2D eigenvalue weighted by molar-refractivity contribution is 0.184. The van der Waals surface area contributed by atoms with Crippen LogP contribution < -0.4 is 5.32 Å². The second kappa shape index (κ2) is 4.97. The summed E-state index contributed by atoms with van der Waals surface area (Å²) in [4.78, 5) is 0. The molecular weight excluding hydrogens is 210 g/mol. The molecule has 0 radical (unpaired) electrons. The van der Waals surface area contributed by atoms with Crippen LogP contribution in [-0.2, 0) is 11.3 Å². The minimum atomic E-state index is 0.618. The fourth-order valence-corrected chi connectivity index (χ4v) is 2.37. The standard InChI is InChI=1S/C12H16ClNO/c1-15-8-10-6-11(13)2-3-12(10)9-4-5-14-7-9/h2-3,6,9,14H,4-5,7-8H2,1H3. The highest BCUT2D eigenvalue weighted by atomic mass is 35.5. The highest BCUT2D eigenvalue weighted by molar-refractivity contribution is 6.30. The Morgan fingerprint density at radius 3 is 3.07 bits per heavy atom. The fourth-order valence-electron chi connectivity index (χ4n) is 2.17. The van der Waals surface area contributed by atoms with Crippen LogP contribution in [0.15, 0.2) is 18.2 Å². The summed E-state index contributed by atoms with van der Waals surface area (Å²) < 4.78 is 5.20. The molecule has 1 fully saturated rings. The average molecular weight is 226 g/mol. The molecule has 0 spiro atoms. The first-order valence-corrected chi connectivity index (χ1v) is 5.67. The van der Waals surface area contributed by atoms with Crippen molar-refractivity contribution in [1.29, 1.82) is 0 Å². The van der Waals surface area contributed by atoms with E-state index in [-0.39, 0.29) is 0 Å². The molecule has 1 aromatic carbocycles. The van der Waals surface area contributed by atoms with E-state index < -0.39 is 0 Å². The van der Waals surface area contributed by atoms with Crippen molar-refractivity contribution in [2.75, 3.05) is 20.2 Å². The first kappa shape index (κ1) is 10.9. The maximum atomic E-state index is 5.99. The monoisotopic (exact) mass is 225 g/mol. The summed E-state index contributed by atoms with van der Waals surface area (Å²) in [5, 5.41) is 4.17. The Labute approximate surface area is 95.6 Å². The van der Waals surface area contributed by atoms with Gasteiger partial charge in [0.05, 0.1) is 6.61 Å². The quantitative estimate of drug-likeness (QED) is 0.854. The number of methoxy groups -OCH3 is 1. The lowest BCUT2D eigenvalue weighted by Crippen LogP contribution is -2.09. The zero-order valence-electron chi connectivity index (χ0n) is 8.92. The van der Waals surface area contributed by atoms with Crippen molar-refractivity contribution in [2.45, 2.75) is 18.9 Å². The van der Waals surface area contributed by atoms with E-state index in [1.165, 1.54) is 17.5 Å². The Morgan fingerprint density at radius 1 is 1.53 bits per heavy atom. The molecule has 0 amide bonds. The topological polar surface area (TPSA) is 21.3 Å². The van der Waals surface area contributed by atoms with E-state index in [2.05, 4.69) is 11.4 Å². The largest absolute Gasteiger partial charge is 0.380 e. The van der Waals surface area contributed by atoms with Crippen LogP contribution in [0.1, 0.15) is 23.5 Å². The average Bonchev–Trinajstić information content (AvgIpc) is 2.71. The summed E-state index contributed by atoms with van der Waals surface area (Å²) in [5.41, 5.74) is 2.60. The van der Waals surface area contributed by atoms with E-state index in [4.69, 9.17) is 16.3 Å². The molecule has 1 aliphatic rings. The number of benzene rings is 1. The number of ether oxygens (including phenoxy) is 1. The SMILES string of the molecule is COCc1cc(Cl)ccc1C1CCNC1. The first-order valence-electron chi connectivity index (χ1n) is 5.29. The molecule has 2 nitrogen and oxygen atoms in total. The predicted octanol–water partition coefficient (Wildman–Crippen LogP) is 2.56. The van der Waals surface area contributed by atoms with Crippen LogP contribution in [0, 0.1) is 0 Å². The molecule has 1 aromatic rings. The van der Waals surface area contributed by atoms with Crippen LogP contribution in [0.5, 0.6) is 0 Å². The van der Waals surface area contributed by atoms with Crippen molar-refractivity contribution in [3.05, 3.63) is 34.3 Å². The lowest BCUT2D eigenvalue weighted by atomic mass is 9.94. The van der Waals surface area contributed by atoms with Crippen LogP contribution in [0.25, 0.3) is 0 Å². The Kier molecular flexibility index (Phi) is 3.62. The van der Waals surface area contributed by atoms with E-state index >= 15 is 0 Å². The zero-order chi connectivity index (χ0) is 10.7. The van der Waals surface area contributed by atoms with Gasteiger partial charge in [0.25, 0.3) is 0 Å². The Bertz CT molecular complexity index is 334. The van der Waals surface area contributed by atoms with Gasteiger partial charge >= 0.3 is 0 Å². The number of hydrogen-bond donors (Lipinski definition) is 1. The molecule has 0 aromatic heterocycles. The van der Waals surface area contributed by atoms with E-state index in [0.29, 0.717) is 12.5 Å². The third-order valence-electron chi connectivity index (χ3n) is 2.90. The van der Waals surface area contributed by atoms with Gasteiger partial charge in [0.15, 0.2) is 0 Å². The third-order valence-corrected chi connectivity index (χ3v) is 3.14. The fraction of sp³-hybridized carbons (Fsp3) is 0.500. The van der Waals surface area contributed by atoms with Crippen molar-refractivity contribution in [3.8, 4) is 0 Å². The Hall–Kier alpha value is -0.570. The number of halogens is 1. The summed E-state index contributed by atoms with van der Waals surface area (Å²) >= 11 is 5.99. The number of nitrogens with one attached hydrogen (secondary N) is 1. The van der Waals surface area contributed by atoms with Gasteiger partial charge in [-0.15, -0.1) is 0 Å². The molecule has 0 aliphatic carbocycles. The van der Waals surface area contributed by atoms with Gasteiger partial charge in [-0.05, 0) is 42.1 Å². The molecule has 1 heterocycles. The van der Waals surface area contributed by atoms with Gasteiger partial charge in [0.2, 0.25) is 0 Å². The summed E-state index contributed by atoms with van der Waals surface area (Å²) in [7, 11) is 1.72. The summed E-state index contributed by atoms with van der Waals surface area (Å²) in [6.45, 7) is 2.82. The molecular formula is C12H16ClNO. The van der Waals surface area contributed by atoms with Gasteiger partial charge in [-0.2, -0.15) is 0 Å². The second-order valence-corrected chi connectivity index (χ2v) is 4.40. The van der Waals surface area contributed by atoms with Crippen LogP contribution in [-0.4, -0.2) is 20.2 Å². The maximum Gasteiger partial charge on any atom is 0.0716 e. The molecule has 1 unspecified atom stereocenters. The molecule has 1 atom stereocenters. The third kappa shape index (κ3) is 2.51. The first-order chi connectivity index (χ1) is 7.31. The van der Waals surface area contributed by atoms with Gasteiger partial charge in [0.1, 0.15) is 0 Å². The predicted molar refractivity (Wildman–Crippen MR) is 62.4 cm³/mol. The van der Waals surface area contributed by atoms with E-state index in [9.17, 15) is 0 Å². The van der Waals surface area contributed by atoms with E-state index in [0.717, 1.165) is 18.1 Å². The molecule has 1 saturated heterocycles. The molecule has 1 aliphatic heterocycles. The highest BCUT2D eigenvalue weighted by Crippen LogP contribution is 2.28. The Morgan fingerprint density at radius 2 is 2.40 bits per heavy atom. The zero-order valence-corrected chi connectivity index (χ0v) is 9.68. The molecule has 0 bridgehead atoms. The van der Waals surface area contributed by atoms with Crippen molar-refractivity contribution < 1.29 is 4.74 Å². The molecule has 3 heteroatoms. The van der Waals surface area contributed by atoms with E-state index in [1.54, 1.807) is 7.11 Å². The van der Waals surface area contributed by atoms with Crippen LogP contribution in [0.2, 0.25) is 5.02 Å². The Balaban J connectivity index is 2.27. The van der Waals surface area contributed by atoms with Gasteiger partial charge in [-0.3, -0.25) is 0 Å². The summed E-state index contributed by atoms with van der Waals surface area (Å²) in [6.07, 6.45) is 1.21.